The van der Waals surface area contributed by atoms with Crippen LogP contribution in [0.25, 0.3) is 0 Å². The van der Waals surface area contributed by atoms with E-state index in [9.17, 15) is 9.18 Å². The zero-order valence-electron chi connectivity index (χ0n) is 11.5. The molecule has 4 nitrogen and oxygen atoms in total. The van der Waals surface area contributed by atoms with Crippen molar-refractivity contribution >= 4 is 5.91 Å². The van der Waals surface area contributed by atoms with Gasteiger partial charge in [0.05, 0.1) is 0 Å². The molecule has 108 valence electrons. The second kappa shape index (κ2) is 5.63. The summed E-state index contributed by atoms with van der Waals surface area (Å²) in [6.07, 6.45) is 0. The van der Waals surface area contributed by atoms with Gasteiger partial charge in [0.1, 0.15) is 5.82 Å². The molecule has 0 fully saturated rings. The highest BCUT2D eigenvalue weighted by molar-refractivity contribution is 5.94. The highest BCUT2D eigenvalue weighted by Crippen LogP contribution is 2.25. The van der Waals surface area contributed by atoms with Gasteiger partial charge in [-0.05, 0) is 41.0 Å². The van der Waals surface area contributed by atoms with Crippen molar-refractivity contribution in [2.24, 2.45) is 5.84 Å². The van der Waals surface area contributed by atoms with E-state index in [1.165, 1.54) is 17.7 Å². The summed E-state index contributed by atoms with van der Waals surface area (Å²) in [6, 6.07) is 12.2. The molecule has 0 unspecified atom stereocenters. The fourth-order valence-electron chi connectivity index (χ4n) is 2.65. The zero-order valence-corrected chi connectivity index (χ0v) is 11.5. The Hall–Kier alpha value is -2.24. The lowest BCUT2D eigenvalue weighted by Crippen LogP contribution is -2.30. The number of nitrogens with zero attached hydrogens (tertiary/aromatic N) is 1. The van der Waals surface area contributed by atoms with Crippen molar-refractivity contribution in [3.63, 3.8) is 0 Å². The van der Waals surface area contributed by atoms with Crippen molar-refractivity contribution in [3.05, 3.63) is 70.5 Å². The van der Waals surface area contributed by atoms with Crippen LogP contribution in [0.2, 0.25) is 0 Å². The van der Waals surface area contributed by atoms with Gasteiger partial charge in [-0.3, -0.25) is 15.1 Å². The molecule has 0 aromatic heterocycles. The number of rotatable bonds is 3. The van der Waals surface area contributed by atoms with Crippen LogP contribution in [0, 0.1) is 5.82 Å². The van der Waals surface area contributed by atoms with E-state index >= 15 is 0 Å². The van der Waals surface area contributed by atoms with Gasteiger partial charge < -0.3 is 0 Å². The van der Waals surface area contributed by atoms with Crippen LogP contribution in [0.5, 0.6) is 0 Å². The van der Waals surface area contributed by atoms with E-state index in [-0.39, 0.29) is 11.7 Å². The van der Waals surface area contributed by atoms with Crippen molar-refractivity contribution in [1.82, 2.24) is 10.3 Å². The lowest BCUT2D eigenvalue weighted by molar-refractivity contribution is 0.0953. The second-order valence-electron chi connectivity index (χ2n) is 5.23. The maximum atomic E-state index is 12.9. The Morgan fingerprint density at radius 3 is 2.57 bits per heavy atom. The molecule has 1 aliphatic heterocycles. The van der Waals surface area contributed by atoms with E-state index in [1.807, 2.05) is 12.1 Å². The van der Waals surface area contributed by atoms with E-state index in [2.05, 4.69) is 10.3 Å². The standard InChI is InChI=1S/C16H16FN3O/c17-15-5-1-11(2-6-15)8-20-9-13-4-3-12(16(21)19-18)7-14(13)10-20/h1-7H,8-10,18H2,(H,19,21). The molecule has 0 spiro atoms. The lowest BCUT2D eigenvalue weighted by Gasteiger charge is -2.14. The number of carbonyl (C=O) groups is 1. The molecule has 3 rings (SSSR count). The molecule has 3 N–H and O–H groups in total. The van der Waals surface area contributed by atoms with Gasteiger partial charge in [0.25, 0.3) is 5.91 Å². The number of hydrogen-bond donors (Lipinski definition) is 2. The molecule has 1 heterocycles. The molecule has 5 heteroatoms. The molecule has 0 bridgehead atoms. The summed E-state index contributed by atoms with van der Waals surface area (Å²) in [5, 5.41) is 0. The summed E-state index contributed by atoms with van der Waals surface area (Å²) < 4.78 is 12.9. The van der Waals surface area contributed by atoms with Gasteiger partial charge in [-0.15, -0.1) is 0 Å². The van der Waals surface area contributed by atoms with Gasteiger partial charge in [0.15, 0.2) is 0 Å². The van der Waals surface area contributed by atoms with E-state index in [1.54, 1.807) is 18.2 Å². The van der Waals surface area contributed by atoms with Crippen LogP contribution in [0.15, 0.2) is 42.5 Å². The number of fused-ring (bicyclic) bond motifs is 1. The fourth-order valence-corrected chi connectivity index (χ4v) is 2.65. The molecule has 2 aromatic carbocycles. The van der Waals surface area contributed by atoms with Crippen LogP contribution in [-0.2, 0) is 19.6 Å². The van der Waals surface area contributed by atoms with Gasteiger partial charge in [-0.1, -0.05) is 18.2 Å². The lowest BCUT2D eigenvalue weighted by atomic mass is 10.1. The highest BCUT2D eigenvalue weighted by Gasteiger charge is 2.20. The van der Waals surface area contributed by atoms with Gasteiger partial charge in [0, 0.05) is 25.2 Å². The maximum Gasteiger partial charge on any atom is 0.265 e. The zero-order chi connectivity index (χ0) is 14.8. The number of nitrogens with two attached hydrogens (primary N) is 1. The molecule has 1 amide bonds. The molecule has 2 aromatic rings. The summed E-state index contributed by atoms with van der Waals surface area (Å²) >= 11 is 0. The van der Waals surface area contributed by atoms with Crippen LogP contribution in [0.1, 0.15) is 27.0 Å². The van der Waals surface area contributed by atoms with Gasteiger partial charge in [0.2, 0.25) is 0 Å². The third kappa shape index (κ3) is 2.94. The number of halogens is 1. The number of hydrazine groups is 1. The number of amides is 1. The first-order valence-corrected chi connectivity index (χ1v) is 6.75. The molecule has 21 heavy (non-hydrogen) atoms. The number of hydrogen-bond acceptors (Lipinski definition) is 3. The van der Waals surface area contributed by atoms with E-state index in [4.69, 9.17) is 5.84 Å². The quantitative estimate of drug-likeness (QED) is 0.515. The number of carbonyl (C=O) groups excluding carboxylic acids is 1. The molecule has 0 atom stereocenters. The Bertz CT molecular complexity index is 670. The molecule has 1 aliphatic rings. The Labute approximate surface area is 122 Å². The monoisotopic (exact) mass is 285 g/mol. The highest BCUT2D eigenvalue weighted by atomic mass is 19.1. The van der Waals surface area contributed by atoms with Crippen molar-refractivity contribution < 1.29 is 9.18 Å². The predicted octanol–water partition coefficient (Wildman–Crippen LogP) is 1.94. The topological polar surface area (TPSA) is 58.4 Å². The van der Waals surface area contributed by atoms with E-state index < -0.39 is 0 Å². The second-order valence-corrected chi connectivity index (χ2v) is 5.23. The maximum absolute atomic E-state index is 12.9. The molecule has 0 saturated carbocycles. The third-order valence-corrected chi connectivity index (χ3v) is 3.71. The smallest absolute Gasteiger partial charge is 0.265 e. The van der Waals surface area contributed by atoms with Crippen LogP contribution in [-0.4, -0.2) is 10.8 Å². The van der Waals surface area contributed by atoms with Crippen molar-refractivity contribution in [2.45, 2.75) is 19.6 Å². The Kier molecular flexibility index (Phi) is 3.68. The Morgan fingerprint density at radius 1 is 1.14 bits per heavy atom. The van der Waals surface area contributed by atoms with Crippen molar-refractivity contribution in [3.8, 4) is 0 Å². The summed E-state index contributed by atoms with van der Waals surface area (Å²) in [7, 11) is 0. The van der Waals surface area contributed by atoms with Gasteiger partial charge >= 0.3 is 0 Å². The van der Waals surface area contributed by atoms with Crippen molar-refractivity contribution in [2.75, 3.05) is 0 Å². The van der Waals surface area contributed by atoms with Crippen LogP contribution < -0.4 is 11.3 Å². The normalized spacial score (nSPS) is 14.0. The largest absolute Gasteiger partial charge is 0.291 e. The summed E-state index contributed by atoms with van der Waals surface area (Å²) in [6.45, 7) is 2.36. The van der Waals surface area contributed by atoms with Crippen LogP contribution in [0.4, 0.5) is 4.39 Å². The van der Waals surface area contributed by atoms with Gasteiger partial charge in [-0.25, -0.2) is 10.2 Å². The average molecular weight is 285 g/mol. The Balaban J connectivity index is 1.72. The minimum atomic E-state index is -0.283. The van der Waals surface area contributed by atoms with E-state index in [0.29, 0.717) is 5.56 Å². The average Bonchev–Trinajstić information content (AvgIpc) is 2.90. The third-order valence-electron chi connectivity index (χ3n) is 3.71. The molecule has 0 aliphatic carbocycles. The summed E-state index contributed by atoms with van der Waals surface area (Å²) in [5.74, 6) is 4.65. The molecular formula is C16H16FN3O. The Morgan fingerprint density at radius 2 is 1.86 bits per heavy atom. The molecular weight excluding hydrogens is 269 g/mol. The first-order chi connectivity index (χ1) is 10.2. The SMILES string of the molecule is NNC(=O)c1ccc2c(c1)CN(Cc1ccc(F)cc1)C2. The first-order valence-electron chi connectivity index (χ1n) is 6.75. The van der Waals surface area contributed by atoms with Crippen LogP contribution >= 0.6 is 0 Å². The minimum Gasteiger partial charge on any atom is -0.291 e. The number of nitrogen functional groups attached to an aromatic ring is 1. The predicted molar refractivity (Wildman–Crippen MR) is 77.4 cm³/mol. The van der Waals surface area contributed by atoms with E-state index in [0.717, 1.165) is 30.8 Å². The number of nitrogens with one attached hydrogen (secondary N) is 1. The number of benzene rings is 2. The fraction of sp³-hybridized carbons (Fsp3) is 0.188. The van der Waals surface area contributed by atoms with Crippen LogP contribution in [0.3, 0.4) is 0 Å². The summed E-state index contributed by atoms with van der Waals surface area (Å²) in [4.78, 5) is 13.8. The first kappa shape index (κ1) is 13.7. The molecule has 0 radical (unpaired) electrons. The van der Waals surface area contributed by atoms with Crippen molar-refractivity contribution in [1.29, 1.82) is 0 Å². The molecule has 0 saturated heterocycles. The van der Waals surface area contributed by atoms with Gasteiger partial charge in [-0.2, -0.15) is 0 Å². The summed E-state index contributed by atoms with van der Waals surface area (Å²) in [5.41, 5.74) is 6.13. The minimum absolute atomic E-state index is 0.221.